The Morgan fingerprint density at radius 1 is 1.05 bits per heavy atom. The third-order valence-electron chi connectivity index (χ3n) is 2.84. The van der Waals surface area contributed by atoms with Crippen molar-refractivity contribution in [1.82, 2.24) is 15.5 Å². The Morgan fingerprint density at radius 3 is 2.15 bits per heavy atom. The zero-order valence-electron chi connectivity index (χ0n) is 11.8. The van der Waals surface area contributed by atoms with Crippen LogP contribution < -0.4 is 10.6 Å². The molecule has 0 fully saturated rings. The molecule has 0 aromatic heterocycles. The first kappa shape index (κ1) is 16.3. The summed E-state index contributed by atoms with van der Waals surface area (Å²) < 4.78 is 0. The molecule has 1 rings (SSSR count). The summed E-state index contributed by atoms with van der Waals surface area (Å²) in [6, 6.07) is 6.53. The summed E-state index contributed by atoms with van der Waals surface area (Å²) in [5, 5.41) is 6.08. The van der Waals surface area contributed by atoms with Crippen LogP contribution in [0.3, 0.4) is 0 Å². The van der Waals surface area contributed by atoms with Crippen molar-refractivity contribution in [3.63, 3.8) is 0 Å². The molecular weight excluding hydrogens is 278 g/mol. The van der Waals surface area contributed by atoms with Crippen LogP contribution in [-0.2, 0) is 0 Å². The smallest absolute Gasteiger partial charge is 0.317 e. The summed E-state index contributed by atoms with van der Waals surface area (Å²) in [7, 11) is 0. The van der Waals surface area contributed by atoms with Crippen molar-refractivity contribution in [3.8, 4) is 0 Å². The fourth-order valence-electron chi connectivity index (χ4n) is 1.67. The third kappa shape index (κ3) is 5.09. The number of nitrogens with zero attached hydrogens (tertiary/aromatic N) is 1. The highest BCUT2D eigenvalue weighted by molar-refractivity contribution is 6.30. The molecule has 0 saturated carbocycles. The van der Waals surface area contributed by atoms with Crippen molar-refractivity contribution in [2.24, 2.45) is 0 Å². The largest absolute Gasteiger partial charge is 0.350 e. The molecule has 2 N–H and O–H groups in total. The van der Waals surface area contributed by atoms with Crippen molar-refractivity contribution >= 4 is 23.5 Å². The quantitative estimate of drug-likeness (QED) is 0.790. The van der Waals surface area contributed by atoms with E-state index in [9.17, 15) is 9.59 Å². The van der Waals surface area contributed by atoms with Crippen molar-refractivity contribution in [3.05, 3.63) is 34.9 Å². The summed E-state index contributed by atoms with van der Waals surface area (Å²) >= 11 is 5.75. The summed E-state index contributed by atoms with van der Waals surface area (Å²) in [5.74, 6) is -0.182. The van der Waals surface area contributed by atoms with E-state index in [1.54, 1.807) is 29.2 Å². The Labute approximate surface area is 124 Å². The Hall–Kier alpha value is -1.75. The molecule has 5 nitrogen and oxygen atoms in total. The SMILES string of the molecule is CCN(CC)C(=O)NCCNC(=O)c1ccc(Cl)cc1. The van der Waals surface area contributed by atoms with Crippen molar-refractivity contribution in [1.29, 1.82) is 0 Å². The maximum absolute atomic E-state index is 11.8. The number of hydrogen-bond donors (Lipinski definition) is 2. The van der Waals surface area contributed by atoms with Crippen LogP contribution in [0.15, 0.2) is 24.3 Å². The molecule has 0 spiro atoms. The van der Waals surface area contributed by atoms with Gasteiger partial charge in [-0.3, -0.25) is 4.79 Å². The Bertz CT molecular complexity index is 444. The number of amides is 3. The summed E-state index contributed by atoms with van der Waals surface area (Å²) in [5.41, 5.74) is 0.546. The van der Waals surface area contributed by atoms with E-state index in [1.807, 2.05) is 13.8 Å². The van der Waals surface area contributed by atoms with Crippen LogP contribution in [0.1, 0.15) is 24.2 Å². The van der Waals surface area contributed by atoms with Gasteiger partial charge in [0.05, 0.1) is 0 Å². The van der Waals surface area contributed by atoms with Gasteiger partial charge in [0.1, 0.15) is 0 Å². The van der Waals surface area contributed by atoms with Crippen LogP contribution in [0.25, 0.3) is 0 Å². The average Bonchev–Trinajstić information content (AvgIpc) is 2.45. The van der Waals surface area contributed by atoms with Crippen LogP contribution in [0.2, 0.25) is 5.02 Å². The molecule has 0 aliphatic rings. The molecule has 0 saturated heterocycles. The monoisotopic (exact) mass is 297 g/mol. The van der Waals surface area contributed by atoms with E-state index in [2.05, 4.69) is 10.6 Å². The molecule has 1 aromatic rings. The molecular formula is C14H20ClN3O2. The number of hydrogen-bond acceptors (Lipinski definition) is 2. The van der Waals surface area contributed by atoms with Gasteiger partial charge in [0, 0.05) is 36.8 Å². The Balaban J connectivity index is 2.29. The van der Waals surface area contributed by atoms with Crippen molar-refractivity contribution < 1.29 is 9.59 Å². The lowest BCUT2D eigenvalue weighted by molar-refractivity contribution is 0.0953. The van der Waals surface area contributed by atoms with Crippen LogP contribution in [0.4, 0.5) is 4.79 Å². The van der Waals surface area contributed by atoms with E-state index in [0.29, 0.717) is 36.8 Å². The van der Waals surface area contributed by atoms with Gasteiger partial charge in [-0.2, -0.15) is 0 Å². The van der Waals surface area contributed by atoms with Gasteiger partial charge >= 0.3 is 6.03 Å². The predicted molar refractivity (Wildman–Crippen MR) is 80.1 cm³/mol. The first-order valence-corrected chi connectivity index (χ1v) is 7.02. The highest BCUT2D eigenvalue weighted by Crippen LogP contribution is 2.09. The van der Waals surface area contributed by atoms with E-state index in [4.69, 9.17) is 11.6 Å². The topological polar surface area (TPSA) is 61.4 Å². The first-order valence-electron chi connectivity index (χ1n) is 6.65. The van der Waals surface area contributed by atoms with Gasteiger partial charge in [-0.1, -0.05) is 11.6 Å². The average molecular weight is 298 g/mol. The van der Waals surface area contributed by atoms with Gasteiger partial charge in [-0.15, -0.1) is 0 Å². The van der Waals surface area contributed by atoms with Crippen molar-refractivity contribution in [2.75, 3.05) is 26.2 Å². The number of carbonyl (C=O) groups is 2. The lowest BCUT2D eigenvalue weighted by atomic mass is 10.2. The standard InChI is InChI=1S/C14H20ClN3O2/c1-3-18(4-2)14(20)17-10-9-16-13(19)11-5-7-12(15)8-6-11/h5-8H,3-4,9-10H2,1-2H3,(H,16,19)(H,17,20). The number of urea groups is 1. The van der Waals surface area contributed by atoms with Crippen LogP contribution in [-0.4, -0.2) is 43.0 Å². The molecule has 20 heavy (non-hydrogen) atoms. The lowest BCUT2D eigenvalue weighted by Gasteiger charge is -2.19. The zero-order chi connectivity index (χ0) is 15.0. The molecule has 0 radical (unpaired) electrons. The molecule has 0 heterocycles. The maximum atomic E-state index is 11.8. The Morgan fingerprint density at radius 2 is 1.60 bits per heavy atom. The fraction of sp³-hybridized carbons (Fsp3) is 0.429. The number of halogens is 1. The second kappa shape index (κ2) is 8.43. The minimum Gasteiger partial charge on any atom is -0.350 e. The van der Waals surface area contributed by atoms with Crippen molar-refractivity contribution in [2.45, 2.75) is 13.8 Å². The maximum Gasteiger partial charge on any atom is 0.317 e. The van der Waals surface area contributed by atoms with E-state index in [1.165, 1.54) is 0 Å². The van der Waals surface area contributed by atoms with E-state index < -0.39 is 0 Å². The molecule has 0 aliphatic carbocycles. The van der Waals surface area contributed by atoms with E-state index in [-0.39, 0.29) is 11.9 Å². The normalized spacial score (nSPS) is 9.95. The number of carbonyl (C=O) groups excluding carboxylic acids is 2. The summed E-state index contributed by atoms with van der Waals surface area (Å²) in [6.45, 7) is 5.96. The number of benzene rings is 1. The van der Waals surface area contributed by atoms with Gasteiger partial charge in [-0.25, -0.2) is 4.79 Å². The molecule has 0 aliphatic heterocycles. The van der Waals surface area contributed by atoms with Gasteiger partial charge in [0.25, 0.3) is 5.91 Å². The van der Waals surface area contributed by atoms with Gasteiger partial charge in [-0.05, 0) is 38.1 Å². The molecule has 0 unspecified atom stereocenters. The second-order valence-corrected chi connectivity index (χ2v) is 4.60. The van der Waals surface area contributed by atoms with Crippen LogP contribution in [0.5, 0.6) is 0 Å². The fourth-order valence-corrected chi connectivity index (χ4v) is 1.80. The highest BCUT2D eigenvalue weighted by atomic mass is 35.5. The molecule has 3 amide bonds. The van der Waals surface area contributed by atoms with Gasteiger partial charge < -0.3 is 15.5 Å². The number of nitrogens with one attached hydrogen (secondary N) is 2. The summed E-state index contributed by atoms with van der Waals surface area (Å²) in [4.78, 5) is 25.1. The van der Waals surface area contributed by atoms with Crippen LogP contribution in [0, 0.1) is 0 Å². The second-order valence-electron chi connectivity index (χ2n) is 4.17. The number of rotatable bonds is 6. The highest BCUT2D eigenvalue weighted by Gasteiger charge is 2.08. The van der Waals surface area contributed by atoms with Crippen LogP contribution >= 0.6 is 11.6 Å². The van der Waals surface area contributed by atoms with E-state index in [0.717, 1.165) is 0 Å². The molecule has 0 bridgehead atoms. The molecule has 0 atom stereocenters. The molecule has 1 aromatic carbocycles. The minimum absolute atomic E-state index is 0.115. The van der Waals surface area contributed by atoms with E-state index >= 15 is 0 Å². The zero-order valence-corrected chi connectivity index (χ0v) is 12.5. The van der Waals surface area contributed by atoms with Gasteiger partial charge in [0.2, 0.25) is 0 Å². The third-order valence-corrected chi connectivity index (χ3v) is 3.10. The molecule has 110 valence electrons. The van der Waals surface area contributed by atoms with Gasteiger partial charge in [0.15, 0.2) is 0 Å². The predicted octanol–water partition coefficient (Wildman–Crippen LogP) is 2.12. The lowest BCUT2D eigenvalue weighted by Crippen LogP contribution is -2.42. The first-order chi connectivity index (χ1) is 9.58. The minimum atomic E-state index is -0.182. The molecule has 6 heteroatoms. The Kier molecular flexibility index (Phi) is 6.87. The summed E-state index contributed by atoms with van der Waals surface area (Å²) in [6.07, 6.45) is 0.